The molecular formula is C10H13NO4S. The molecule has 0 N–H and O–H groups in total. The van der Waals surface area contributed by atoms with Crippen molar-refractivity contribution < 1.29 is 17.4 Å². The summed E-state index contributed by atoms with van der Waals surface area (Å²) in [7, 11) is -2.32. The first-order valence-corrected chi connectivity index (χ1v) is 5.95. The molecule has 0 fully saturated rings. The maximum absolute atomic E-state index is 11.6. The molecule has 0 bridgehead atoms. The molecule has 16 heavy (non-hydrogen) atoms. The Morgan fingerprint density at radius 2 is 1.75 bits per heavy atom. The van der Waals surface area contributed by atoms with Crippen LogP contribution in [0.25, 0.3) is 0 Å². The van der Waals surface area contributed by atoms with Gasteiger partial charge in [0.25, 0.3) is 0 Å². The third-order valence-corrected chi connectivity index (χ3v) is 2.79. The van der Waals surface area contributed by atoms with Crippen molar-refractivity contribution in [2.45, 2.75) is 18.7 Å². The SMILES string of the molecule is COc1ccc(S(=O)(=O)ON=C(C)C)cc1. The van der Waals surface area contributed by atoms with Crippen molar-refractivity contribution in [3.8, 4) is 5.75 Å². The number of hydrogen-bond donors (Lipinski definition) is 0. The van der Waals surface area contributed by atoms with Gasteiger partial charge in [0.2, 0.25) is 0 Å². The third-order valence-electron chi connectivity index (χ3n) is 1.67. The quantitative estimate of drug-likeness (QED) is 0.597. The second-order valence-corrected chi connectivity index (χ2v) is 4.77. The summed E-state index contributed by atoms with van der Waals surface area (Å²) in [6.45, 7) is 3.28. The highest BCUT2D eigenvalue weighted by atomic mass is 32.2. The molecule has 0 atom stereocenters. The molecule has 0 aliphatic carbocycles. The van der Waals surface area contributed by atoms with Crippen molar-refractivity contribution in [3.63, 3.8) is 0 Å². The van der Waals surface area contributed by atoms with E-state index < -0.39 is 10.1 Å². The van der Waals surface area contributed by atoms with Gasteiger partial charge in [-0.2, -0.15) is 8.42 Å². The van der Waals surface area contributed by atoms with E-state index in [2.05, 4.69) is 9.44 Å². The van der Waals surface area contributed by atoms with Crippen molar-refractivity contribution in [1.82, 2.24) is 0 Å². The van der Waals surface area contributed by atoms with Gasteiger partial charge in [-0.05, 0) is 38.1 Å². The smallest absolute Gasteiger partial charge is 0.358 e. The van der Waals surface area contributed by atoms with Crippen LogP contribution >= 0.6 is 0 Å². The van der Waals surface area contributed by atoms with Crippen molar-refractivity contribution >= 4 is 15.8 Å². The molecule has 0 spiro atoms. The van der Waals surface area contributed by atoms with Gasteiger partial charge < -0.3 is 4.74 Å². The number of hydrogen-bond acceptors (Lipinski definition) is 5. The lowest BCUT2D eigenvalue weighted by Gasteiger charge is -2.03. The lowest BCUT2D eigenvalue weighted by molar-refractivity contribution is 0.338. The van der Waals surface area contributed by atoms with Crippen molar-refractivity contribution in [3.05, 3.63) is 24.3 Å². The average Bonchev–Trinajstić information content (AvgIpc) is 2.27. The minimum Gasteiger partial charge on any atom is -0.497 e. The number of oxime groups is 1. The van der Waals surface area contributed by atoms with Crippen LogP contribution < -0.4 is 4.74 Å². The normalized spacial score (nSPS) is 10.7. The molecule has 0 aliphatic heterocycles. The Bertz CT molecular complexity index is 472. The van der Waals surface area contributed by atoms with E-state index in [9.17, 15) is 8.42 Å². The van der Waals surface area contributed by atoms with Gasteiger partial charge in [0.15, 0.2) is 0 Å². The fraction of sp³-hybridized carbons (Fsp3) is 0.300. The van der Waals surface area contributed by atoms with Crippen LogP contribution in [0.15, 0.2) is 34.3 Å². The first-order valence-electron chi connectivity index (χ1n) is 4.54. The molecule has 1 aromatic rings. The molecule has 0 radical (unpaired) electrons. The first kappa shape index (κ1) is 12.5. The molecule has 0 saturated heterocycles. The van der Waals surface area contributed by atoms with Crippen LogP contribution in [0.5, 0.6) is 5.75 Å². The third kappa shape index (κ3) is 3.23. The van der Waals surface area contributed by atoms with Crippen LogP contribution in [0.1, 0.15) is 13.8 Å². The fourth-order valence-electron chi connectivity index (χ4n) is 0.909. The largest absolute Gasteiger partial charge is 0.497 e. The van der Waals surface area contributed by atoms with E-state index in [1.54, 1.807) is 26.0 Å². The van der Waals surface area contributed by atoms with E-state index in [-0.39, 0.29) is 4.90 Å². The second kappa shape index (κ2) is 4.98. The summed E-state index contributed by atoms with van der Waals surface area (Å²) in [5.74, 6) is 0.578. The molecule has 88 valence electrons. The van der Waals surface area contributed by atoms with Crippen molar-refractivity contribution in [2.24, 2.45) is 5.16 Å². The lowest BCUT2D eigenvalue weighted by Crippen LogP contribution is -2.03. The molecule has 0 unspecified atom stereocenters. The summed E-state index contributed by atoms with van der Waals surface area (Å²) in [6.07, 6.45) is 0. The molecule has 6 heteroatoms. The summed E-state index contributed by atoms with van der Waals surface area (Å²) in [5, 5.41) is 3.41. The van der Waals surface area contributed by atoms with Crippen molar-refractivity contribution in [1.29, 1.82) is 0 Å². The highest BCUT2D eigenvalue weighted by Crippen LogP contribution is 2.17. The number of ether oxygens (including phenoxy) is 1. The maximum atomic E-state index is 11.6. The van der Waals surface area contributed by atoms with Gasteiger partial charge in [-0.25, -0.2) is 0 Å². The predicted molar refractivity (Wildman–Crippen MR) is 60.0 cm³/mol. The molecule has 5 nitrogen and oxygen atoms in total. The fourth-order valence-corrected chi connectivity index (χ4v) is 1.71. The van der Waals surface area contributed by atoms with Gasteiger partial charge >= 0.3 is 10.1 Å². The summed E-state index contributed by atoms with van der Waals surface area (Å²) >= 11 is 0. The summed E-state index contributed by atoms with van der Waals surface area (Å²) in [4.78, 5) is 0.0401. The topological polar surface area (TPSA) is 65.0 Å². The Morgan fingerprint density at radius 3 is 2.19 bits per heavy atom. The minimum absolute atomic E-state index is 0.0401. The predicted octanol–water partition coefficient (Wildman–Crippen LogP) is 1.80. The van der Waals surface area contributed by atoms with Gasteiger partial charge in [-0.15, -0.1) is 0 Å². The van der Waals surface area contributed by atoms with E-state index in [0.717, 1.165) is 0 Å². The van der Waals surface area contributed by atoms with Gasteiger partial charge in [0, 0.05) is 0 Å². The van der Waals surface area contributed by atoms with Gasteiger partial charge in [0.1, 0.15) is 10.6 Å². The van der Waals surface area contributed by atoms with Crippen LogP contribution in [-0.4, -0.2) is 21.2 Å². The van der Waals surface area contributed by atoms with E-state index in [4.69, 9.17) is 4.74 Å². The number of methoxy groups -OCH3 is 1. The van der Waals surface area contributed by atoms with Crippen LogP contribution in [-0.2, 0) is 14.4 Å². The van der Waals surface area contributed by atoms with Crippen LogP contribution in [0.2, 0.25) is 0 Å². The van der Waals surface area contributed by atoms with Crippen LogP contribution in [0.3, 0.4) is 0 Å². The van der Waals surface area contributed by atoms with Crippen LogP contribution in [0, 0.1) is 0 Å². The molecule has 1 rings (SSSR count). The Labute approximate surface area is 94.8 Å². The average molecular weight is 243 g/mol. The molecule has 0 aliphatic rings. The zero-order valence-corrected chi connectivity index (χ0v) is 10.1. The van der Waals surface area contributed by atoms with Crippen molar-refractivity contribution in [2.75, 3.05) is 7.11 Å². The Kier molecular flexibility index (Phi) is 3.89. The maximum Gasteiger partial charge on any atom is 0.358 e. The zero-order valence-electron chi connectivity index (χ0n) is 9.30. The molecule has 1 aromatic carbocycles. The molecule has 0 aromatic heterocycles. The summed E-state index contributed by atoms with van der Waals surface area (Å²) in [6, 6.07) is 5.88. The molecule has 0 saturated carbocycles. The Balaban J connectivity index is 2.94. The highest BCUT2D eigenvalue weighted by Gasteiger charge is 2.15. The Morgan fingerprint density at radius 1 is 1.19 bits per heavy atom. The minimum atomic E-state index is -3.82. The number of benzene rings is 1. The zero-order chi connectivity index (χ0) is 12.2. The molecule has 0 heterocycles. The van der Waals surface area contributed by atoms with Gasteiger partial charge in [-0.1, -0.05) is 5.16 Å². The standard InChI is InChI=1S/C10H13NO4S/c1-8(2)11-15-16(12,13)10-6-4-9(14-3)5-7-10/h4-7H,1-3H3. The summed E-state index contributed by atoms with van der Waals surface area (Å²) in [5.41, 5.74) is 0.525. The van der Waals surface area contributed by atoms with E-state index in [1.807, 2.05) is 0 Å². The second-order valence-electron chi connectivity index (χ2n) is 3.24. The molecular weight excluding hydrogens is 230 g/mol. The Hall–Kier alpha value is -1.56. The van der Waals surface area contributed by atoms with Gasteiger partial charge in [-0.3, -0.25) is 4.28 Å². The highest BCUT2D eigenvalue weighted by molar-refractivity contribution is 7.86. The number of nitrogens with zero attached hydrogens (tertiary/aromatic N) is 1. The monoisotopic (exact) mass is 243 g/mol. The first-order chi connectivity index (χ1) is 7.45. The van der Waals surface area contributed by atoms with Crippen LogP contribution in [0.4, 0.5) is 0 Å². The molecule has 0 amide bonds. The summed E-state index contributed by atoms with van der Waals surface area (Å²) < 4.78 is 32.5. The lowest BCUT2D eigenvalue weighted by atomic mass is 10.3. The number of rotatable bonds is 4. The van der Waals surface area contributed by atoms with E-state index >= 15 is 0 Å². The van der Waals surface area contributed by atoms with E-state index in [0.29, 0.717) is 11.5 Å². The van der Waals surface area contributed by atoms with Gasteiger partial charge in [0.05, 0.1) is 12.8 Å². The van der Waals surface area contributed by atoms with E-state index in [1.165, 1.54) is 19.2 Å².